The number of carbonyl (C=O) groups is 1. The Kier molecular flexibility index (Phi) is 5.57. The molecule has 0 bridgehead atoms. The van der Waals surface area contributed by atoms with Crippen LogP contribution >= 0.6 is 0 Å². The Morgan fingerprint density at radius 1 is 0.867 bits per heavy atom. The molecule has 0 spiro atoms. The summed E-state index contributed by atoms with van der Waals surface area (Å²) >= 11 is 0. The minimum atomic E-state index is 0.536. The number of benzene rings is 3. The lowest BCUT2D eigenvalue weighted by Crippen LogP contribution is -2.04. The first-order valence-electron chi connectivity index (χ1n) is 9.48. The number of nitrogens with zero attached hydrogens (tertiary/aromatic N) is 3. The number of carbonyl (C=O) groups excluding carboxylic acids is 1. The Bertz CT molecular complexity index is 1150. The highest BCUT2D eigenvalue weighted by atomic mass is 16.5. The quantitative estimate of drug-likeness (QED) is 0.429. The third kappa shape index (κ3) is 4.07. The predicted molar refractivity (Wildman–Crippen MR) is 115 cm³/mol. The van der Waals surface area contributed by atoms with Gasteiger partial charge < -0.3 is 9.47 Å². The summed E-state index contributed by atoms with van der Waals surface area (Å²) < 4.78 is 12.3. The van der Waals surface area contributed by atoms with Crippen LogP contribution in [0.3, 0.4) is 0 Å². The van der Waals surface area contributed by atoms with Crippen molar-refractivity contribution >= 4 is 6.29 Å². The summed E-state index contributed by atoms with van der Waals surface area (Å²) in [6.07, 6.45) is 0.831. The van der Waals surface area contributed by atoms with Gasteiger partial charge in [-0.25, -0.2) is 9.67 Å². The van der Waals surface area contributed by atoms with Crippen LogP contribution in [0.2, 0.25) is 0 Å². The maximum atomic E-state index is 11.2. The van der Waals surface area contributed by atoms with Gasteiger partial charge in [-0.2, -0.15) is 5.10 Å². The number of aromatic nitrogens is 3. The number of hydrogen-bond donors (Lipinski definition) is 0. The number of aldehydes is 1. The van der Waals surface area contributed by atoms with Crippen LogP contribution in [-0.4, -0.2) is 35.3 Å². The minimum absolute atomic E-state index is 0.536. The second kappa shape index (κ2) is 8.61. The molecule has 150 valence electrons. The van der Waals surface area contributed by atoms with Crippen molar-refractivity contribution in [2.24, 2.45) is 0 Å². The molecule has 0 amide bonds. The molecule has 6 nitrogen and oxygen atoms in total. The van der Waals surface area contributed by atoms with Gasteiger partial charge >= 0.3 is 0 Å². The first-order valence-corrected chi connectivity index (χ1v) is 9.48. The largest absolute Gasteiger partial charge is 0.497 e. The molecule has 4 aromatic rings. The Hall–Kier alpha value is -3.93. The number of rotatable bonds is 7. The fourth-order valence-corrected chi connectivity index (χ4v) is 3.18. The van der Waals surface area contributed by atoms with Crippen LogP contribution in [-0.2, 0) is 6.54 Å². The van der Waals surface area contributed by atoms with Crippen molar-refractivity contribution in [1.82, 2.24) is 14.8 Å². The molecule has 0 N–H and O–H groups in total. The average molecular weight is 399 g/mol. The van der Waals surface area contributed by atoms with Crippen molar-refractivity contribution in [2.75, 3.05) is 14.2 Å². The molecule has 6 heteroatoms. The van der Waals surface area contributed by atoms with Crippen LogP contribution in [0.15, 0.2) is 72.8 Å². The third-order valence-corrected chi connectivity index (χ3v) is 4.79. The third-order valence-electron chi connectivity index (χ3n) is 4.79. The van der Waals surface area contributed by atoms with E-state index in [1.165, 1.54) is 0 Å². The van der Waals surface area contributed by atoms with E-state index in [1.807, 2.05) is 71.4 Å². The van der Waals surface area contributed by atoms with E-state index >= 15 is 0 Å². The van der Waals surface area contributed by atoms with Gasteiger partial charge in [0.2, 0.25) is 0 Å². The molecule has 1 heterocycles. The second-order valence-corrected chi connectivity index (χ2v) is 6.74. The zero-order valence-electron chi connectivity index (χ0n) is 16.8. The standard InChI is InChI=1S/C24H21N3O3/c1-29-21-10-6-17(7-11-21)15-27-24(20-5-3-4-18(14-20)16-28)25-23(26-27)19-8-12-22(30-2)13-9-19/h3-14,16H,15H2,1-2H3. The van der Waals surface area contributed by atoms with E-state index in [4.69, 9.17) is 19.6 Å². The van der Waals surface area contributed by atoms with Crippen molar-refractivity contribution in [3.8, 4) is 34.3 Å². The van der Waals surface area contributed by atoms with Crippen LogP contribution in [0.1, 0.15) is 15.9 Å². The summed E-state index contributed by atoms with van der Waals surface area (Å²) in [6, 6.07) is 22.8. The molecular weight excluding hydrogens is 378 g/mol. The van der Waals surface area contributed by atoms with E-state index in [2.05, 4.69) is 0 Å². The number of ether oxygens (including phenoxy) is 2. The molecule has 0 unspecified atom stereocenters. The molecular formula is C24H21N3O3. The van der Waals surface area contributed by atoms with E-state index in [0.717, 1.165) is 34.5 Å². The zero-order valence-corrected chi connectivity index (χ0v) is 16.8. The molecule has 1 aromatic heterocycles. The van der Waals surface area contributed by atoms with Gasteiger partial charge in [-0.3, -0.25) is 4.79 Å². The molecule has 30 heavy (non-hydrogen) atoms. The van der Waals surface area contributed by atoms with Crippen molar-refractivity contribution in [2.45, 2.75) is 6.54 Å². The first-order chi connectivity index (χ1) is 14.7. The monoisotopic (exact) mass is 399 g/mol. The molecule has 4 rings (SSSR count). The summed E-state index contributed by atoms with van der Waals surface area (Å²) in [5, 5.41) is 4.75. The lowest BCUT2D eigenvalue weighted by atomic mass is 10.1. The lowest BCUT2D eigenvalue weighted by Gasteiger charge is -2.07. The van der Waals surface area contributed by atoms with Gasteiger partial charge in [0.1, 0.15) is 17.8 Å². The molecule has 0 aliphatic carbocycles. The van der Waals surface area contributed by atoms with Gasteiger partial charge in [0.15, 0.2) is 11.6 Å². The number of methoxy groups -OCH3 is 2. The van der Waals surface area contributed by atoms with Crippen molar-refractivity contribution < 1.29 is 14.3 Å². The molecule has 0 aliphatic rings. The normalized spacial score (nSPS) is 10.6. The highest BCUT2D eigenvalue weighted by molar-refractivity contribution is 5.78. The lowest BCUT2D eigenvalue weighted by molar-refractivity contribution is 0.112. The van der Waals surface area contributed by atoms with E-state index in [9.17, 15) is 4.79 Å². The Morgan fingerprint density at radius 3 is 2.17 bits per heavy atom. The maximum absolute atomic E-state index is 11.2. The highest BCUT2D eigenvalue weighted by Gasteiger charge is 2.15. The van der Waals surface area contributed by atoms with Gasteiger partial charge in [0.25, 0.3) is 0 Å². The molecule has 0 saturated heterocycles. The summed E-state index contributed by atoms with van der Waals surface area (Å²) in [6.45, 7) is 0.536. The van der Waals surface area contributed by atoms with Crippen molar-refractivity contribution in [3.63, 3.8) is 0 Å². The molecule has 0 atom stereocenters. The van der Waals surface area contributed by atoms with Crippen LogP contribution in [0.4, 0.5) is 0 Å². The Morgan fingerprint density at radius 2 is 1.53 bits per heavy atom. The Labute approximate surface area is 174 Å². The van der Waals surface area contributed by atoms with Crippen LogP contribution in [0, 0.1) is 0 Å². The molecule has 0 aliphatic heterocycles. The van der Waals surface area contributed by atoms with Gasteiger partial charge in [-0.05, 0) is 48.0 Å². The molecule has 0 saturated carbocycles. The fraction of sp³-hybridized carbons (Fsp3) is 0.125. The van der Waals surface area contributed by atoms with Crippen molar-refractivity contribution in [3.05, 3.63) is 83.9 Å². The van der Waals surface area contributed by atoms with Crippen LogP contribution in [0.25, 0.3) is 22.8 Å². The zero-order chi connectivity index (χ0) is 20.9. The van der Waals surface area contributed by atoms with Gasteiger partial charge in [-0.1, -0.05) is 30.3 Å². The van der Waals surface area contributed by atoms with E-state index in [-0.39, 0.29) is 0 Å². The molecule has 0 fully saturated rings. The maximum Gasteiger partial charge on any atom is 0.181 e. The molecule has 3 aromatic carbocycles. The van der Waals surface area contributed by atoms with Crippen LogP contribution in [0.5, 0.6) is 11.5 Å². The van der Waals surface area contributed by atoms with Gasteiger partial charge in [-0.15, -0.1) is 0 Å². The average Bonchev–Trinajstić information content (AvgIpc) is 3.23. The fourth-order valence-electron chi connectivity index (χ4n) is 3.18. The van der Waals surface area contributed by atoms with E-state index < -0.39 is 0 Å². The highest BCUT2D eigenvalue weighted by Crippen LogP contribution is 2.25. The predicted octanol–water partition coefficient (Wildman–Crippen LogP) is 4.49. The van der Waals surface area contributed by atoms with Gasteiger partial charge in [0.05, 0.1) is 20.8 Å². The summed E-state index contributed by atoms with van der Waals surface area (Å²) in [7, 11) is 3.28. The smallest absolute Gasteiger partial charge is 0.181 e. The van der Waals surface area contributed by atoms with Crippen molar-refractivity contribution in [1.29, 1.82) is 0 Å². The first kappa shape index (κ1) is 19.4. The SMILES string of the molecule is COc1ccc(Cn2nc(-c3ccc(OC)cc3)nc2-c2cccc(C=O)c2)cc1. The molecule has 0 radical (unpaired) electrons. The summed E-state index contributed by atoms with van der Waals surface area (Å²) in [5.41, 5.74) is 3.38. The van der Waals surface area contributed by atoms with Gasteiger partial charge in [0, 0.05) is 16.7 Å². The number of hydrogen-bond acceptors (Lipinski definition) is 5. The Balaban J connectivity index is 1.76. The minimum Gasteiger partial charge on any atom is -0.497 e. The van der Waals surface area contributed by atoms with E-state index in [1.54, 1.807) is 20.3 Å². The second-order valence-electron chi connectivity index (χ2n) is 6.74. The summed E-state index contributed by atoms with van der Waals surface area (Å²) in [5.74, 6) is 2.88. The van der Waals surface area contributed by atoms with E-state index in [0.29, 0.717) is 23.8 Å². The topological polar surface area (TPSA) is 66.2 Å². The summed E-state index contributed by atoms with van der Waals surface area (Å²) in [4.78, 5) is 16.0. The van der Waals surface area contributed by atoms with Crippen LogP contribution < -0.4 is 9.47 Å².